The summed E-state index contributed by atoms with van der Waals surface area (Å²) in [6, 6.07) is 13.7. The van der Waals surface area contributed by atoms with Crippen LogP contribution in [0.5, 0.6) is 5.75 Å². The maximum Gasteiger partial charge on any atom is 0.289 e. The van der Waals surface area contributed by atoms with Crippen molar-refractivity contribution >= 4 is 22.8 Å². The summed E-state index contributed by atoms with van der Waals surface area (Å²) in [5.41, 5.74) is 0.427. The van der Waals surface area contributed by atoms with Gasteiger partial charge >= 0.3 is 0 Å². The first-order chi connectivity index (χ1) is 15.5. The number of benzene rings is 2. The highest BCUT2D eigenvalue weighted by Crippen LogP contribution is 2.42. The Balaban J connectivity index is 1.50. The predicted octanol–water partition coefficient (Wildman–Crippen LogP) is 4.25. The lowest BCUT2D eigenvalue weighted by Crippen LogP contribution is -2.53. The maximum absolute atomic E-state index is 14.8. The normalized spacial score (nSPS) is 23.4. The number of rotatable bonds is 3. The fourth-order valence-electron chi connectivity index (χ4n) is 5.14. The summed E-state index contributed by atoms with van der Waals surface area (Å²) < 4.78 is 25.9. The molecule has 0 saturated carbocycles. The van der Waals surface area contributed by atoms with Gasteiger partial charge in [0, 0.05) is 30.8 Å². The standard InChI is InChI=1S/C25H25FN2O4/c1-31-17-9-10-21-16(12-17)13-22(32-21)24(30)28-14-19(18-6-2-3-7-20(18)26)25(15-28)11-5-4-8-23(29)27-25/h2-3,6-7,9-10,12-13,19H,4-5,8,11,14-15H2,1H3,(H,27,29)/t19-,25+/m0/s1. The Bertz CT molecular complexity index is 1190. The molecule has 166 valence electrons. The Morgan fingerprint density at radius 1 is 1.22 bits per heavy atom. The highest BCUT2D eigenvalue weighted by Gasteiger charge is 2.51. The van der Waals surface area contributed by atoms with E-state index in [1.165, 1.54) is 6.07 Å². The number of carbonyl (C=O) groups is 2. The van der Waals surface area contributed by atoms with Crippen molar-refractivity contribution in [1.82, 2.24) is 10.2 Å². The molecule has 2 amide bonds. The molecule has 0 radical (unpaired) electrons. The molecule has 2 aliphatic heterocycles. The molecule has 0 aliphatic carbocycles. The number of amides is 2. The lowest BCUT2D eigenvalue weighted by atomic mass is 9.78. The molecule has 0 unspecified atom stereocenters. The Morgan fingerprint density at radius 3 is 2.88 bits per heavy atom. The largest absolute Gasteiger partial charge is 0.497 e. The van der Waals surface area contributed by atoms with E-state index in [1.807, 2.05) is 6.07 Å². The van der Waals surface area contributed by atoms with Crippen LogP contribution in [0.25, 0.3) is 11.0 Å². The zero-order chi connectivity index (χ0) is 22.3. The van der Waals surface area contributed by atoms with Crippen molar-refractivity contribution in [2.45, 2.75) is 37.1 Å². The van der Waals surface area contributed by atoms with Crippen molar-refractivity contribution in [2.75, 3.05) is 20.2 Å². The lowest BCUT2D eigenvalue weighted by Gasteiger charge is -2.34. The van der Waals surface area contributed by atoms with Gasteiger partial charge in [-0.3, -0.25) is 9.59 Å². The number of hydrogen-bond acceptors (Lipinski definition) is 4. The third-order valence-electron chi connectivity index (χ3n) is 6.71. The van der Waals surface area contributed by atoms with E-state index in [-0.39, 0.29) is 29.3 Å². The lowest BCUT2D eigenvalue weighted by molar-refractivity contribution is -0.122. The molecule has 6 nitrogen and oxygen atoms in total. The zero-order valence-electron chi connectivity index (χ0n) is 17.9. The zero-order valence-corrected chi connectivity index (χ0v) is 17.9. The van der Waals surface area contributed by atoms with Crippen molar-refractivity contribution in [3.63, 3.8) is 0 Å². The SMILES string of the molecule is COc1ccc2oc(C(=O)N3C[C@@H](c4ccccc4F)[C@@]4(CCCCC(=O)N4)C3)cc2c1. The van der Waals surface area contributed by atoms with E-state index in [4.69, 9.17) is 9.15 Å². The molecule has 5 rings (SSSR count). The Hall–Kier alpha value is -3.35. The van der Waals surface area contributed by atoms with Crippen molar-refractivity contribution in [3.8, 4) is 5.75 Å². The topological polar surface area (TPSA) is 71.8 Å². The van der Waals surface area contributed by atoms with Crippen molar-refractivity contribution in [3.05, 3.63) is 65.7 Å². The smallest absolute Gasteiger partial charge is 0.289 e. The molecule has 2 fully saturated rings. The molecule has 32 heavy (non-hydrogen) atoms. The van der Waals surface area contributed by atoms with Gasteiger partial charge in [-0.25, -0.2) is 4.39 Å². The number of carbonyl (C=O) groups excluding carboxylic acids is 2. The number of hydrogen-bond donors (Lipinski definition) is 1. The van der Waals surface area contributed by atoms with E-state index in [0.29, 0.717) is 42.8 Å². The van der Waals surface area contributed by atoms with Gasteiger partial charge in [-0.05, 0) is 48.7 Å². The van der Waals surface area contributed by atoms with Crippen molar-refractivity contribution in [1.29, 1.82) is 0 Å². The number of ether oxygens (including phenoxy) is 1. The predicted molar refractivity (Wildman–Crippen MR) is 117 cm³/mol. The molecule has 1 aromatic heterocycles. The highest BCUT2D eigenvalue weighted by molar-refractivity contribution is 5.96. The molecule has 2 saturated heterocycles. The maximum atomic E-state index is 14.8. The van der Waals surface area contributed by atoms with Gasteiger partial charge in [-0.2, -0.15) is 0 Å². The van der Waals surface area contributed by atoms with Gasteiger partial charge in [-0.15, -0.1) is 0 Å². The number of furan rings is 1. The first-order valence-corrected chi connectivity index (χ1v) is 10.9. The summed E-state index contributed by atoms with van der Waals surface area (Å²) in [5.74, 6) is -0.0683. The summed E-state index contributed by atoms with van der Waals surface area (Å²) in [6.45, 7) is 0.622. The summed E-state index contributed by atoms with van der Waals surface area (Å²) >= 11 is 0. The monoisotopic (exact) mass is 436 g/mol. The van der Waals surface area contributed by atoms with E-state index in [9.17, 15) is 14.0 Å². The van der Waals surface area contributed by atoms with Gasteiger partial charge in [-0.1, -0.05) is 24.6 Å². The fraction of sp³-hybridized carbons (Fsp3) is 0.360. The van der Waals surface area contributed by atoms with Gasteiger partial charge in [0.1, 0.15) is 17.1 Å². The van der Waals surface area contributed by atoms with Crippen LogP contribution in [-0.4, -0.2) is 42.5 Å². The number of likely N-dealkylation sites (tertiary alicyclic amines) is 1. The van der Waals surface area contributed by atoms with Crippen LogP contribution in [0.2, 0.25) is 0 Å². The highest BCUT2D eigenvalue weighted by atomic mass is 19.1. The fourth-order valence-corrected chi connectivity index (χ4v) is 5.14. The van der Waals surface area contributed by atoms with Crippen LogP contribution in [0, 0.1) is 5.82 Å². The van der Waals surface area contributed by atoms with E-state index < -0.39 is 5.54 Å². The minimum atomic E-state index is -0.694. The first kappa shape index (κ1) is 20.5. The molecular weight excluding hydrogens is 411 g/mol. The van der Waals surface area contributed by atoms with Gasteiger partial charge < -0.3 is 19.4 Å². The van der Waals surface area contributed by atoms with Gasteiger partial charge in [0.15, 0.2) is 5.76 Å². The molecule has 2 aliphatic rings. The van der Waals surface area contributed by atoms with Crippen LogP contribution < -0.4 is 10.1 Å². The Kier molecular flexibility index (Phi) is 5.12. The molecule has 0 bridgehead atoms. The van der Waals surface area contributed by atoms with E-state index in [1.54, 1.807) is 48.4 Å². The number of halogens is 1. The Labute approximate surface area is 185 Å². The summed E-state index contributed by atoms with van der Waals surface area (Å²) in [6.07, 6.45) is 2.77. The average molecular weight is 436 g/mol. The third kappa shape index (κ3) is 3.51. The van der Waals surface area contributed by atoms with Crippen LogP contribution in [0.3, 0.4) is 0 Å². The minimum Gasteiger partial charge on any atom is -0.497 e. The second kappa shape index (κ2) is 7.97. The van der Waals surface area contributed by atoms with Crippen molar-refractivity contribution in [2.24, 2.45) is 0 Å². The van der Waals surface area contributed by atoms with Gasteiger partial charge in [0.05, 0.1) is 12.6 Å². The summed E-state index contributed by atoms with van der Waals surface area (Å²) in [5, 5.41) is 3.93. The van der Waals surface area contributed by atoms with Crippen LogP contribution in [0.15, 0.2) is 52.9 Å². The molecule has 1 spiro atoms. The number of methoxy groups -OCH3 is 1. The molecule has 2 aromatic carbocycles. The van der Waals surface area contributed by atoms with Crippen LogP contribution >= 0.6 is 0 Å². The summed E-state index contributed by atoms with van der Waals surface area (Å²) in [4.78, 5) is 27.6. The molecule has 3 heterocycles. The van der Waals surface area contributed by atoms with Crippen LogP contribution in [0.4, 0.5) is 4.39 Å². The third-order valence-corrected chi connectivity index (χ3v) is 6.71. The van der Waals surface area contributed by atoms with Crippen LogP contribution in [-0.2, 0) is 4.79 Å². The number of nitrogens with zero attached hydrogens (tertiary/aromatic N) is 1. The van der Waals surface area contributed by atoms with E-state index >= 15 is 0 Å². The molecule has 7 heteroatoms. The average Bonchev–Trinajstić information content (AvgIpc) is 3.32. The van der Waals surface area contributed by atoms with Crippen LogP contribution in [0.1, 0.15) is 47.7 Å². The molecular formula is C25H25FN2O4. The molecule has 1 N–H and O–H groups in total. The van der Waals surface area contributed by atoms with Gasteiger partial charge in [0.25, 0.3) is 5.91 Å². The quantitative estimate of drug-likeness (QED) is 0.666. The second-order valence-corrected chi connectivity index (χ2v) is 8.69. The minimum absolute atomic E-state index is 0.0472. The molecule has 2 atom stereocenters. The first-order valence-electron chi connectivity index (χ1n) is 10.9. The Morgan fingerprint density at radius 2 is 2.06 bits per heavy atom. The van der Waals surface area contributed by atoms with E-state index in [2.05, 4.69) is 5.32 Å². The number of nitrogens with one attached hydrogen (secondary N) is 1. The second-order valence-electron chi connectivity index (χ2n) is 8.69. The van der Waals surface area contributed by atoms with E-state index in [0.717, 1.165) is 18.2 Å². The molecule has 3 aromatic rings. The number of fused-ring (bicyclic) bond motifs is 1. The van der Waals surface area contributed by atoms with Crippen molar-refractivity contribution < 1.29 is 23.1 Å². The van der Waals surface area contributed by atoms with Gasteiger partial charge in [0.2, 0.25) is 5.91 Å². The summed E-state index contributed by atoms with van der Waals surface area (Å²) in [7, 11) is 1.58.